The van der Waals surface area contributed by atoms with Crippen molar-refractivity contribution < 1.29 is 4.79 Å². The van der Waals surface area contributed by atoms with Gasteiger partial charge in [0.1, 0.15) is 0 Å². The molecule has 1 heterocycles. The number of carbonyl (C=O) groups excluding carboxylic acids is 1. The molecule has 1 saturated heterocycles. The molecule has 1 amide bonds. The zero-order chi connectivity index (χ0) is 14.9. The van der Waals surface area contributed by atoms with E-state index in [1.807, 2.05) is 0 Å². The van der Waals surface area contributed by atoms with Gasteiger partial charge >= 0.3 is 0 Å². The predicted molar refractivity (Wildman–Crippen MR) is 83.3 cm³/mol. The number of nitrogens with one attached hydrogen (secondary N) is 1. The van der Waals surface area contributed by atoms with Crippen molar-refractivity contribution in [3.8, 4) is 0 Å². The smallest absolute Gasteiger partial charge is 0.241 e. The Morgan fingerprint density at radius 3 is 2.60 bits per heavy atom. The highest BCUT2D eigenvalue weighted by Crippen LogP contribution is 2.41. The third kappa shape index (κ3) is 2.88. The molecule has 2 rings (SSSR count). The van der Waals surface area contributed by atoms with Gasteiger partial charge in [-0.3, -0.25) is 10.1 Å². The molecule has 1 aliphatic heterocycles. The Morgan fingerprint density at radius 1 is 1.35 bits per heavy atom. The Balaban J connectivity index is 2.23. The van der Waals surface area contributed by atoms with Crippen molar-refractivity contribution in [2.75, 3.05) is 0 Å². The first-order chi connectivity index (χ1) is 9.38. The molecule has 3 nitrogen and oxygen atoms in total. The van der Waals surface area contributed by atoms with E-state index in [2.05, 4.69) is 44.8 Å². The second kappa shape index (κ2) is 6.05. The third-order valence-electron chi connectivity index (χ3n) is 5.24. The molecule has 20 heavy (non-hydrogen) atoms. The fraction of sp³-hybridized carbons (Fsp3) is 0.941. The van der Waals surface area contributed by atoms with Gasteiger partial charge in [0.15, 0.2) is 0 Å². The van der Waals surface area contributed by atoms with Crippen LogP contribution in [-0.2, 0) is 4.79 Å². The van der Waals surface area contributed by atoms with Gasteiger partial charge in [-0.05, 0) is 30.6 Å². The summed E-state index contributed by atoms with van der Waals surface area (Å²) in [7, 11) is 0. The van der Waals surface area contributed by atoms with E-state index in [0.29, 0.717) is 17.9 Å². The van der Waals surface area contributed by atoms with Crippen molar-refractivity contribution in [3.05, 3.63) is 0 Å². The van der Waals surface area contributed by atoms with E-state index in [1.165, 1.54) is 25.7 Å². The van der Waals surface area contributed by atoms with E-state index in [1.54, 1.807) is 0 Å². The topological polar surface area (TPSA) is 32.3 Å². The molecule has 0 aromatic carbocycles. The first kappa shape index (κ1) is 15.8. The van der Waals surface area contributed by atoms with Crippen LogP contribution in [0.3, 0.4) is 0 Å². The zero-order valence-corrected chi connectivity index (χ0v) is 13.9. The van der Waals surface area contributed by atoms with Crippen LogP contribution in [0.1, 0.15) is 73.1 Å². The van der Waals surface area contributed by atoms with Crippen molar-refractivity contribution in [2.24, 2.45) is 11.3 Å². The molecule has 0 aromatic rings. The van der Waals surface area contributed by atoms with E-state index in [-0.39, 0.29) is 17.6 Å². The van der Waals surface area contributed by atoms with Crippen LogP contribution in [0, 0.1) is 11.3 Å². The van der Waals surface area contributed by atoms with Crippen molar-refractivity contribution >= 4 is 5.91 Å². The van der Waals surface area contributed by atoms with Crippen LogP contribution in [0.15, 0.2) is 0 Å². The molecular weight excluding hydrogens is 248 g/mol. The summed E-state index contributed by atoms with van der Waals surface area (Å²) in [5, 5.41) is 3.60. The molecule has 0 aromatic heterocycles. The number of carbonyl (C=O) groups is 1. The van der Waals surface area contributed by atoms with Gasteiger partial charge < -0.3 is 4.90 Å². The van der Waals surface area contributed by atoms with Crippen LogP contribution in [0.2, 0.25) is 0 Å². The van der Waals surface area contributed by atoms with Crippen LogP contribution in [0.5, 0.6) is 0 Å². The van der Waals surface area contributed by atoms with Gasteiger partial charge in [0, 0.05) is 6.04 Å². The highest BCUT2D eigenvalue weighted by Gasteiger charge is 2.47. The SMILES string of the molecule is CCCC1NC(C(C)C)C(=O)N1C1CCCCC1(C)C. The molecule has 1 aliphatic carbocycles. The second-order valence-corrected chi connectivity index (χ2v) is 7.69. The molecule has 1 N–H and O–H groups in total. The molecule has 2 aliphatic rings. The average Bonchev–Trinajstić information content (AvgIpc) is 2.67. The minimum atomic E-state index is 0.0178. The van der Waals surface area contributed by atoms with Gasteiger partial charge in [0.25, 0.3) is 0 Å². The Kier molecular flexibility index (Phi) is 4.78. The predicted octanol–water partition coefficient (Wildman–Crippen LogP) is 3.54. The van der Waals surface area contributed by atoms with Crippen molar-refractivity contribution in [1.29, 1.82) is 0 Å². The van der Waals surface area contributed by atoms with Crippen LogP contribution in [0.25, 0.3) is 0 Å². The summed E-state index contributed by atoms with van der Waals surface area (Å²) in [6.07, 6.45) is 7.44. The molecule has 1 saturated carbocycles. The second-order valence-electron chi connectivity index (χ2n) is 7.69. The Bertz CT molecular complexity index is 351. The fourth-order valence-corrected chi connectivity index (χ4v) is 4.01. The maximum Gasteiger partial charge on any atom is 0.241 e. The average molecular weight is 280 g/mol. The Labute approximate surface area is 124 Å². The Morgan fingerprint density at radius 2 is 2.05 bits per heavy atom. The molecule has 3 atom stereocenters. The van der Waals surface area contributed by atoms with E-state index in [4.69, 9.17) is 0 Å². The lowest BCUT2D eigenvalue weighted by atomic mass is 9.72. The largest absolute Gasteiger partial charge is 0.322 e. The van der Waals surface area contributed by atoms with E-state index in [9.17, 15) is 4.79 Å². The van der Waals surface area contributed by atoms with Crippen LogP contribution in [-0.4, -0.2) is 29.1 Å². The first-order valence-electron chi connectivity index (χ1n) is 8.46. The van der Waals surface area contributed by atoms with E-state index >= 15 is 0 Å². The first-order valence-corrected chi connectivity index (χ1v) is 8.46. The van der Waals surface area contributed by atoms with Gasteiger partial charge in [-0.15, -0.1) is 0 Å². The minimum absolute atomic E-state index is 0.0178. The summed E-state index contributed by atoms with van der Waals surface area (Å²) >= 11 is 0. The lowest BCUT2D eigenvalue weighted by Crippen LogP contribution is -2.52. The van der Waals surface area contributed by atoms with Crippen molar-refractivity contribution in [3.63, 3.8) is 0 Å². The fourth-order valence-electron chi connectivity index (χ4n) is 4.01. The molecule has 2 fully saturated rings. The normalized spacial score (nSPS) is 34.0. The van der Waals surface area contributed by atoms with Gasteiger partial charge in [0.2, 0.25) is 5.91 Å². The van der Waals surface area contributed by atoms with Crippen molar-refractivity contribution in [1.82, 2.24) is 10.2 Å². The summed E-state index contributed by atoms with van der Waals surface area (Å²) in [6, 6.07) is 0.431. The maximum atomic E-state index is 12.9. The molecule has 3 unspecified atom stereocenters. The summed E-state index contributed by atoms with van der Waals surface area (Å²) in [5.74, 6) is 0.719. The number of hydrogen-bond donors (Lipinski definition) is 1. The third-order valence-corrected chi connectivity index (χ3v) is 5.24. The molecular formula is C17H32N2O. The van der Waals surface area contributed by atoms with Gasteiger partial charge in [0.05, 0.1) is 12.2 Å². The standard InChI is InChI=1S/C17H32N2O/c1-6-9-14-18-15(12(2)3)16(20)19(14)13-10-7-8-11-17(13,4)5/h12-15,18H,6-11H2,1-5H3. The zero-order valence-electron chi connectivity index (χ0n) is 13.9. The van der Waals surface area contributed by atoms with Crippen molar-refractivity contribution in [2.45, 2.75) is 91.4 Å². The van der Waals surface area contributed by atoms with E-state index < -0.39 is 0 Å². The summed E-state index contributed by atoms with van der Waals surface area (Å²) < 4.78 is 0. The quantitative estimate of drug-likeness (QED) is 0.854. The number of nitrogens with zero attached hydrogens (tertiary/aromatic N) is 1. The number of amides is 1. The molecule has 0 bridgehead atoms. The van der Waals surface area contributed by atoms with Gasteiger partial charge in [-0.25, -0.2) is 0 Å². The lowest BCUT2D eigenvalue weighted by molar-refractivity contribution is -0.137. The highest BCUT2D eigenvalue weighted by atomic mass is 16.2. The highest BCUT2D eigenvalue weighted by molar-refractivity contribution is 5.85. The van der Waals surface area contributed by atoms with Crippen LogP contribution >= 0.6 is 0 Å². The summed E-state index contributed by atoms with van der Waals surface area (Å²) in [5.41, 5.74) is 0.257. The number of hydrogen-bond acceptors (Lipinski definition) is 2. The van der Waals surface area contributed by atoms with E-state index in [0.717, 1.165) is 12.8 Å². The molecule has 0 spiro atoms. The monoisotopic (exact) mass is 280 g/mol. The number of rotatable bonds is 4. The maximum absolute atomic E-state index is 12.9. The van der Waals surface area contributed by atoms with Gasteiger partial charge in [-0.2, -0.15) is 0 Å². The lowest BCUT2D eigenvalue weighted by Gasteiger charge is -2.46. The Hall–Kier alpha value is -0.570. The summed E-state index contributed by atoms with van der Waals surface area (Å²) in [6.45, 7) is 11.2. The molecule has 116 valence electrons. The van der Waals surface area contributed by atoms with Gasteiger partial charge in [-0.1, -0.05) is 53.9 Å². The summed E-state index contributed by atoms with van der Waals surface area (Å²) in [4.78, 5) is 15.1. The molecule has 0 radical (unpaired) electrons. The minimum Gasteiger partial charge on any atom is -0.322 e. The van der Waals surface area contributed by atoms with Crippen LogP contribution < -0.4 is 5.32 Å². The van der Waals surface area contributed by atoms with Crippen LogP contribution in [0.4, 0.5) is 0 Å². The molecule has 3 heteroatoms.